The van der Waals surface area contributed by atoms with Crippen LogP contribution in [0.4, 0.5) is 5.82 Å². The van der Waals surface area contributed by atoms with Crippen LogP contribution < -0.4 is 10.1 Å². The lowest BCUT2D eigenvalue weighted by molar-refractivity contribution is -0.111. The Bertz CT molecular complexity index is 690. The number of carbonyl (C=O) groups excluding carboxylic acids is 1. The van der Waals surface area contributed by atoms with Gasteiger partial charge >= 0.3 is 0 Å². The SMILES string of the molecule is Cc1ccc(NC(=O)/C=C/c2ccc3c(c2)CCO3)nc1. The van der Waals surface area contributed by atoms with Crippen LogP contribution in [0.3, 0.4) is 0 Å². The number of nitrogens with one attached hydrogen (secondary N) is 1. The van der Waals surface area contributed by atoms with E-state index >= 15 is 0 Å². The molecule has 0 fully saturated rings. The van der Waals surface area contributed by atoms with Crippen LogP contribution in [0.2, 0.25) is 0 Å². The summed E-state index contributed by atoms with van der Waals surface area (Å²) in [4.78, 5) is 16.0. The molecule has 1 aromatic carbocycles. The Kier molecular flexibility index (Phi) is 3.69. The molecule has 2 heterocycles. The lowest BCUT2D eigenvalue weighted by atomic mass is 10.1. The van der Waals surface area contributed by atoms with Crippen molar-refractivity contribution in [2.75, 3.05) is 11.9 Å². The standard InChI is InChI=1S/C17H16N2O2/c1-12-2-6-16(18-11-12)19-17(20)7-4-13-3-5-15-14(10-13)8-9-21-15/h2-7,10-11H,8-9H2,1H3,(H,18,19,20)/b7-4+. The van der Waals surface area contributed by atoms with Crippen molar-refractivity contribution in [3.63, 3.8) is 0 Å². The van der Waals surface area contributed by atoms with E-state index in [-0.39, 0.29) is 5.91 Å². The topological polar surface area (TPSA) is 51.2 Å². The molecule has 2 aromatic rings. The van der Waals surface area contributed by atoms with Crippen molar-refractivity contribution in [3.8, 4) is 5.75 Å². The van der Waals surface area contributed by atoms with Crippen molar-refractivity contribution in [2.45, 2.75) is 13.3 Å². The molecule has 0 saturated carbocycles. The minimum absolute atomic E-state index is 0.192. The summed E-state index contributed by atoms with van der Waals surface area (Å²) in [6.07, 6.45) is 5.96. The van der Waals surface area contributed by atoms with Gasteiger partial charge in [-0.2, -0.15) is 0 Å². The summed E-state index contributed by atoms with van der Waals surface area (Å²) in [6, 6.07) is 9.64. The van der Waals surface area contributed by atoms with Gasteiger partial charge in [0.15, 0.2) is 0 Å². The number of fused-ring (bicyclic) bond motifs is 1. The van der Waals surface area contributed by atoms with Gasteiger partial charge in [0.05, 0.1) is 6.61 Å². The number of carbonyl (C=O) groups is 1. The predicted molar refractivity (Wildman–Crippen MR) is 82.3 cm³/mol. The molecule has 1 amide bonds. The van der Waals surface area contributed by atoms with Crippen molar-refractivity contribution < 1.29 is 9.53 Å². The number of aryl methyl sites for hydroxylation is 1. The Morgan fingerprint density at radius 2 is 2.24 bits per heavy atom. The summed E-state index contributed by atoms with van der Waals surface area (Å²) >= 11 is 0. The van der Waals surface area contributed by atoms with Crippen LogP contribution in [0.25, 0.3) is 6.08 Å². The first-order chi connectivity index (χ1) is 10.2. The van der Waals surface area contributed by atoms with Gasteiger partial charge in [0, 0.05) is 18.7 Å². The molecule has 1 aromatic heterocycles. The third-order valence-electron chi connectivity index (χ3n) is 3.30. The summed E-state index contributed by atoms with van der Waals surface area (Å²) in [5.74, 6) is 1.31. The minimum Gasteiger partial charge on any atom is -0.493 e. The first-order valence-electron chi connectivity index (χ1n) is 6.88. The second kappa shape index (κ2) is 5.79. The molecule has 1 aliphatic heterocycles. The molecule has 21 heavy (non-hydrogen) atoms. The molecule has 0 saturated heterocycles. The number of benzene rings is 1. The molecule has 106 valence electrons. The zero-order chi connectivity index (χ0) is 14.7. The highest BCUT2D eigenvalue weighted by atomic mass is 16.5. The van der Waals surface area contributed by atoms with Crippen molar-refractivity contribution >= 4 is 17.8 Å². The van der Waals surface area contributed by atoms with Gasteiger partial charge in [-0.3, -0.25) is 4.79 Å². The first-order valence-corrected chi connectivity index (χ1v) is 6.88. The van der Waals surface area contributed by atoms with E-state index in [1.165, 1.54) is 11.6 Å². The Balaban J connectivity index is 1.65. The van der Waals surface area contributed by atoms with Gasteiger partial charge < -0.3 is 10.1 Å². The molecule has 0 atom stereocenters. The zero-order valence-electron chi connectivity index (χ0n) is 11.8. The second-order valence-corrected chi connectivity index (χ2v) is 5.01. The molecule has 1 aliphatic rings. The number of ether oxygens (including phenoxy) is 1. The maximum Gasteiger partial charge on any atom is 0.249 e. The largest absolute Gasteiger partial charge is 0.493 e. The molecule has 4 nitrogen and oxygen atoms in total. The van der Waals surface area contributed by atoms with Gasteiger partial charge in [0.25, 0.3) is 0 Å². The van der Waals surface area contributed by atoms with E-state index in [0.717, 1.165) is 29.9 Å². The fraction of sp³-hybridized carbons (Fsp3) is 0.176. The normalized spacial score (nSPS) is 13.0. The summed E-state index contributed by atoms with van der Waals surface area (Å²) < 4.78 is 5.46. The molecule has 0 unspecified atom stereocenters. The van der Waals surface area contributed by atoms with Crippen molar-refractivity contribution in [1.29, 1.82) is 0 Å². The molecule has 1 N–H and O–H groups in total. The average Bonchev–Trinajstić information content (AvgIpc) is 2.95. The quantitative estimate of drug-likeness (QED) is 0.879. The Labute approximate surface area is 123 Å². The van der Waals surface area contributed by atoms with E-state index in [4.69, 9.17) is 4.74 Å². The fourth-order valence-electron chi connectivity index (χ4n) is 2.19. The van der Waals surface area contributed by atoms with Gasteiger partial charge in [-0.25, -0.2) is 4.98 Å². The van der Waals surface area contributed by atoms with Crippen LogP contribution in [-0.2, 0) is 11.2 Å². The average molecular weight is 280 g/mol. The van der Waals surface area contributed by atoms with Gasteiger partial charge in [-0.1, -0.05) is 12.1 Å². The molecular weight excluding hydrogens is 264 g/mol. The maximum atomic E-state index is 11.8. The van der Waals surface area contributed by atoms with Crippen LogP contribution in [0.15, 0.2) is 42.6 Å². The predicted octanol–water partition coefficient (Wildman–Crippen LogP) is 2.98. The number of amides is 1. The fourth-order valence-corrected chi connectivity index (χ4v) is 2.19. The van der Waals surface area contributed by atoms with E-state index in [9.17, 15) is 4.79 Å². The number of hydrogen-bond donors (Lipinski definition) is 1. The highest BCUT2D eigenvalue weighted by molar-refractivity contribution is 6.01. The number of anilines is 1. The van der Waals surface area contributed by atoms with Crippen molar-refractivity contribution in [1.82, 2.24) is 4.98 Å². The van der Waals surface area contributed by atoms with Crippen LogP contribution in [0.1, 0.15) is 16.7 Å². The monoisotopic (exact) mass is 280 g/mol. The zero-order valence-corrected chi connectivity index (χ0v) is 11.8. The molecule has 0 radical (unpaired) electrons. The van der Waals surface area contributed by atoms with Crippen LogP contribution in [0, 0.1) is 6.92 Å². The molecule has 0 aliphatic carbocycles. The van der Waals surface area contributed by atoms with Gasteiger partial charge in [-0.15, -0.1) is 0 Å². The summed E-state index contributed by atoms with van der Waals surface area (Å²) in [5.41, 5.74) is 3.24. The Morgan fingerprint density at radius 1 is 1.33 bits per heavy atom. The third-order valence-corrected chi connectivity index (χ3v) is 3.30. The van der Waals surface area contributed by atoms with E-state index in [1.54, 1.807) is 18.3 Å². The molecule has 4 heteroatoms. The third kappa shape index (κ3) is 3.28. The number of hydrogen-bond acceptors (Lipinski definition) is 3. The van der Waals surface area contributed by atoms with E-state index in [2.05, 4.69) is 16.4 Å². The van der Waals surface area contributed by atoms with Crippen molar-refractivity contribution in [2.24, 2.45) is 0 Å². The summed E-state index contributed by atoms with van der Waals surface area (Å²) in [7, 11) is 0. The highest BCUT2D eigenvalue weighted by Gasteiger charge is 2.11. The Morgan fingerprint density at radius 3 is 3.05 bits per heavy atom. The lowest BCUT2D eigenvalue weighted by Crippen LogP contribution is -2.08. The van der Waals surface area contributed by atoms with Crippen molar-refractivity contribution in [3.05, 3.63) is 59.3 Å². The van der Waals surface area contributed by atoms with Gasteiger partial charge in [0.1, 0.15) is 11.6 Å². The number of nitrogens with zero attached hydrogens (tertiary/aromatic N) is 1. The minimum atomic E-state index is -0.192. The summed E-state index contributed by atoms with van der Waals surface area (Å²) in [5, 5.41) is 2.73. The number of pyridine rings is 1. The van der Waals surface area contributed by atoms with Crippen LogP contribution in [0.5, 0.6) is 5.75 Å². The molecule has 0 bridgehead atoms. The Hall–Kier alpha value is -2.62. The van der Waals surface area contributed by atoms with Gasteiger partial charge in [-0.05, 0) is 47.9 Å². The number of aromatic nitrogens is 1. The molecule has 3 rings (SSSR count). The highest BCUT2D eigenvalue weighted by Crippen LogP contribution is 2.26. The van der Waals surface area contributed by atoms with E-state index in [1.807, 2.05) is 25.1 Å². The molecule has 0 spiro atoms. The van der Waals surface area contributed by atoms with Crippen LogP contribution in [-0.4, -0.2) is 17.5 Å². The van der Waals surface area contributed by atoms with E-state index in [0.29, 0.717) is 5.82 Å². The molecular formula is C17H16N2O2. The lowest BCUT2D eigenvalue weighted by Gasteiger charge is -2.02. The maximum absolute atomic E-state index is 11.8. The first kappa shape index (κ1) is 13.4. The second-order valence-electron chi connectivity index (χ2n) is 5.01. The number of rotatable bonds is 3. The smallest absolute Gasteiger partial charge is 0.249 e. The van der Waals surface area contributed by atoms with Crippen LogP contribution >= 0.6 is 0 Å². The van der Waals surface area contributed by atoms with Gasteiger partial charge in [0.2, 0.25) is 5.91 Å². The summed E-state index contributed by atoms with van der Waals surface area (Å²) in [6.45, 7) is 2.69. The van der Waals surface area contributed by atoms with E-state index < -0.39 is 0 Å².